The number of halogens is 1. The first-order valence-corrected chi connectivity index (χ1v) is 11.7. The number of hydrogen-bond acceptors (Lipinski definition) is 7. The van der Waals surface area contributed by atoms with Gasteiger partial charge in [0.25, 0.3) is 5.91 Å². The smallest absolute Gasteiger partial charge is 0.337 e. The minimum absolute atomic E-state index is 0.129. The summed E-state index contributed by atoms with van der Waals surface area (Å²) >= 11 is 3.41. The van der Waals surface area contributed by atoms with Crippen LogP contribution in [0.25, 0.3) is 6.08 Å². The molecule has 2 aromatic rings. The summed E-state index contributed by atoms with van der Waals surface area (Å²) in [5, 5.41) is 0.534. The number of carbonyl (C=O) groups excluding carboxylic acids is 2. The Morgan fingerprint density at radius 2 is 2.09 bits per heavy atom. The van der Waals surface area contributed by atoms with Gasteiger partial charge < -0.3 is 14.2 Å². The van der Waals surface area contributed by atoms with Gasteiger partial charge in [-0.1, -0.05) is 12.0 Å². The zero-order valence-electron chi connectivity index (χ0n) is 18.3. The number of esters is 1. The highest BCUT2D eigenvalue weighted by molar-refractivity contribution is 14.1. The summed E-state index contributed by atoms with van der Waals surface area (Å²) in [6.45, 7) is 2.47. The van der Waals surface area contributed by atoms with Gasteiger partial charge in [0.1, 0.15) is 6.61 Å². The predicted molar refractivity (Wildman–Crippen MR) is 138 cm³/mol. The zero-order valence-corrected chi connectivity index (χ0v) is 21.2. The Balaban J connectivity index is 1.94. The van der Waals surface area contributed by atoms with Crippen molar-refractivity contribution in [1.29, 1.82) is 0 Å². The highest BCUT2D eigenvalue weighted by Gasteiger charge is 2.32. The molecule has 0 N–H and O–H groups in total. The molecule has 1 fully saturated rings. The molecular weight excluding hydrogens is 555 g/mol. The van der Waals surface area contributed by atoms with Crippen molar-refractivity contribution in [3.8, 4) is 23.8 Å². The number of carbonyl (C=O) groups is 2. The molecule has 1 aliphatic rings. The Morgan fingerprint density at radius 1 is 1.30 bits per heavy atom. The molecule has 7 nitrogen and oxygen atoms in total. The fraction of sp³-hybridized carbons (Fsp3) is 0.208. The number of amides is 1. The first-order valence-electron chi connectivity index (χ1n) is 9.84. The molecular formula is C24H21IN2O5S. The molecule has 1 heterocycles. The molecule has 1 aliphatic heterocycles. The molecule has 0 aromatic heterocycles. The van der Waals surface area contributed by atoms with Gasteiger partial charge in [0.15, 0.2) is 16.7 Å². The second kappa shape index (κ2) is 11.2. The standard InChI is InChI=1S/C24H21IN2O5S/c1-5-10-32-21-18(25)11-15(12-19(21)30-3)13-20-22(28)27(6-2)24(33-20)26-17-9-7-8-16(14-17)23(29)31-4/h1,7-9,11-14H,6,10H2,2-4H3. The van der Waals surface area contributed by atoms with Crippen molar-refractivity contribution in [3.63, 3.8) is 0 Å². The van der Waals surface area contributed by atoms with Gasteiger partial charge in [-0.25, -0.2) is 9.79 Å². The molecule has 0 spiro atoms. The van der Waals surface area contributed by atoms with E-state index in [-0.39, 0.29) is 12.5 Å². The molecule has 1 saturated heterocycles. The Bertz CT molecular complexity index is 1190. The molecule has 2 aromatic carbocycles. The van der Waals surface area contributed by atoms with Crippen molar-refractivity contribution in [2.24, 2.45) is 4.99 Å². The van der Waals surface area contributed by atoms with Gasteiger partial charge in [0.2, 0.25) is 0 Å². The van der Waals surface area contributed by atoms with Crippen LogP contribution in [0, 0.1) is 15.9 Å². The number of amidine groups is 1. The maximum atomic E-state index is 13.0. The van der Waals surface area contributed by atoms with Gasteiger partial charge >= 0.3 is 5.97 Å². The van der Waals surface area contributed by atoms with Crippen molar-refractivity contribution in [1.82, 2.24) is 4.90 Å². The van der Waals surface area contributed by atoms with Crippen LogP contribution in [-0.4, -0.2) is 49.3 Å². The van der Waals surface area contributed by atoms with E-state index < -0.39 is 5.97 Å². The van der Waals surface area contributed by atoms with E-state index in [4.69, 9.17) is 20.6 Å². The van der Waals surface area contributed by atoms with Gasteiger partial charge in [-0.15, -0.1) is 6.42 Å². The Morgan fingerprint density at radius 3 is 2.76 bits per heavy atom. The van der Waals surface area contributed by atoms with Crippen LogP contribution in [0.5, 0.6) is 11.5 Å². The lowest BCUT2D eigenvalue weighted by atomic mass is 10.2. The van der Waals surface area contributed by atoms with Crippen molar-refractivity contribution in [2.45, 2.75) is 6.92 Å². The molecule has 170 valence electrons. The third-order valence-electron chi connectivity index (χ3n) is 4.55. The average molecular weight is 576 g/mol. The van der Waals surface area contributed by atoms with Gasteiger partial charge in [0.05, 0.1) is 33.9 Å². The fourth-order valence-electron chi connectivity index (χ4n) is 3.03. The van der Waals surface area contributed by atoms with Gasteiger partial charge in [-0.2, -0.15) is 0 Å². The lowest BCUT2D eigenvalue weighted by Crippen LogP contribution is -2.28. The summed E-state index contributed by atoms with van der Waals surface area (Å²) in [5.74, 6) is 2.93. The van der Waals surface area contributed by atoms with E-state index in [9.17, 15) is 9.59 Å². The highest BCUT2D eigenvalue weighted by Crippen LogP contribution is 2.38. The topological polar surface area (TPSA) is 77.4 Å². The van der Waals surface area contributed by atoms with Crippen molar-refractivity contribution >= 4 is 63.2 Å². The molecule has 1 amide bonds. The summed E-state index contributed by atoms with van der Waals surface area (Å²) in [4.78, 5) is 31.5. The average Bonchev–Trinajstić information content (AvgIpc) is 3.11. The summed E-state index contributed by atoms with van der Waals surface area (Å²) in [5.41, 5.74) is 1.73. The number of rotatable bonds is 7. The Kier molecular flexibility index (Phi) is 8.41. The first kappa shape index (κ1) is 24.7. The lowest BCUT2D eigenvalue weighted by Gasteiger charge is -2.12. The quantitative estimate of drug-likeness (QED) is 0.206. The summed E-state index contributed by atoms with van der Waals surface area (Å²) < 4.78 is 16.6. The number of hydrogen-bond donors (Lipinski definition) is 0. The maximum Gasteiger partial charge on any atom is 0.337 e. The molecule has 0 radical (unpaired) electrons. The number of ether oxygens (including phenoxy) is 3. The Hall–Kier alpha value is -2.97. The molecule has 0 aliphatic carbocycles. The summed E-state index contributed by atoms with van der Waals surface area (Å²) in [6, 6.07) is 10.4. The summed E-state index contributed by atoms with van der Waals surface area (Å²) in [6.07, 6.45) is 7.08. The number of benzene rings is 2. The van der Waals surface area contributed by atoms with E-state index in [1.807, 2.05) is 13.0 Å². The van der Waals surface area contributed by atoms with Crippen molar-refractivity contribution < 1.29 is 23.8 Å². The molecule has 0 unspecified atom stereocenters. The van der Waals surface area contributed by atoms with Crippen LogP contribution in [0.4, 0.5) is 5.69 Å². The van der Waals surface area contributed by atoms with Crippen molar-refractivity contribution in [2.75, 3.05) is 27.4 Å². The number of terminal acetylenes is 1. The zero-order chi connectivity index (χ0) is 24.0. The van der Waals surface area contributed by atoms with Crippen molar-refractivity contribution in [3.05, 3.63) is 56.0 Å². The highest BCUT2D eigenvalue weighted by atomic mass is 127. The number of nitrogens with zero attached hydrogens (tertiary/aromatic N) is 2. The van der Waals surface area contributed by atoms with Crippen LogP contribution in [0.15, 0.2) is 46.3 Å². The second-order valence-corrected chi connectivity index (χ2v) is 8.79. The third-order valence-corrected chi connectivity index (χ3v) is 6.35. The van der Waals surface area contributed by atoms with Gasteiger partial charge in [-0.3, -0.25) is 9.69 Å². The second-order valence-electron chi connectivity index (χ2n) is 6.62. The molecule has 0 atom stereocenters. The lowest BCUT2D eigenvalue weighted by molar-refractivity contribution is -0.122. The third kappa shape index (κ3) is 5.69. The van der Waals surface area contributed by atoms with Crippen LogP contribution < -0.4 is 9.47 Å². The number of thioether (sulfide) groups is 1. The monoisotopic (exact) mass is 576 g/mol. The number of methoxy groups -OCH3 is 2. The molecule has 0 saturated carbocycles. The van der Waals surface area contributed by atoms with Crippen LogP contribution in [0.2, 0.25) is 0 Å². The van der Waals surface area contributed by atoms with Crippen LogP contribution in [-0.2, 0) is 9.53 Å². The minimum Gasteiger partial charge on any atom is -0.493 e. The van der Waals surface area contributed by atoms with E-state index in [2.05, 4.69) is 33.5 Å². The van der Waals surface area contributed by atoms with E-state index >= 15 is 0 Å². The van der Waals surface area contributed by atoms with Gasteiger partial charge in [-0.05, 0) is 83.2 Å². The summed E-state index contributed by atoms with van der Waals surface area (Å²) in [7, 11) is 2.87. The molecule has 3 rings (SSSR count). The predicted octanol–water partition coefficient (Wildman–Crippen LogP) is 4.72. The number of aliphatic imine (C=N–C) groups is 1. The van der Waals surface area contributed by atoms with Crippen LogP contribution >= 0.6 is 34.4 Å². The van der Waals surface area contributed by atoms with Crippen LogP contribution in [0.3, 0.4) is 0 Å². The van der Waals surface area contributed by atoms with Crippen LogP contribution in [0.1, 0.15) is 22.8 Å². The normalized spacial score (nSPS) is 15.6. The van der Waals surface area contributed by atoms with E-state index in [0.717, 1.165) is 9.13 Å². The molecule has 9 heteroatoms. The van der Waals surface area contributed by atoms with E-state index in [0.29, 0.717) is 39.4 Å². The first-order chi connectivity index (χ1) is 15.9. The van der Waals surface area contributed by atoms with E-state index in [1.165, 1.54) is 18.9 Å². The molecule has 0 bridgehead atoms. The number of likely N-dealkylation sites (N-methyl/N-ethyl adjacent to an activating group) is 1. The largest absolute Gasteiger partial charge is 0.493 e. The molecule has 33 heavy (non-hydrogen) atoms. The minimum atomic E-state index is -0.446. The SMILES string of the molecule is C#CCOc1c(I)cc(C=C2SC(=Nc3cccc(C(=O)OC)c3)N(CC)C2=O)cc1OC. The van der Waals surface area contributed by atoms with E-state index in [1.54, 1.807) is 48.4 Å². The van der Waals surface area contributed by atoms with Gasteiger partial charge in [0, 0.05) is 6.54 Å². The maximum absolute atomic E-state index is 13.0. The fourth-order valence-corrected chi connectivity index (χ4v) is 4.87. The Labute approximate surface area is 210 Å².